The van der Waals surface area contributed by atoms with E-state index in [1.54, 1.807) is 13.8 Å². The average molecular weight is 401 g/mol. The summed E-state index contributed by atoms with van der Waals surface area (Å²) in [5, 5.41) is 13.2. The van der Waals surface area contributed by atoms with Crippen molar-refractivity contribution in [2.75, 3.05) is 6.61 Å². The number of aliphatic hydroxyl groups is 1. The van der Waals surface area contributed by atoms with E-state index in [0.717, 1.165) is 26.0 Å². The van der Waals surface area contributed by atoms with Crippen molar-refractivity contribution in [1.29, 1.82) is 0 Å². The molecule has 0 saturated carbocycles. The summed E-state index contributed by atoms with van der Waals surface area (Å²) in [7, 11) is -4.42. The van der Waals surface area contributed by atoms with Crippen molar-refractivity contribution in [2.24, 2.45) is 0 Å². The first-order valence-electron chi connectivity index (χ1n) is 8.13. The fourth-order valence-electron chi connectivity index (χ4n) is 2.29. The molecule has 1 heterocycles. The zero-order valence-electron chi connectivity index (χ0n) is 15.4. The van der Waals surface area contributed by atoms with E-state index in [0.29, 0.717) is 11.8 Å². The maximum absolute atomic E-state index is 14.0. The number of nitrogens with zero attached hydrogens (tertiary/aromatic N) is 1. The van der Waals surface area contributed by atoms with E-state index in [-0.39, 0.29) is 18.8 Å². The van der Waals surface area contributed by atoms with Gasteiger partial charge in [-0.05, 0) is 26.0 Å². The van der Waals surface area contributed by atoms with Crippen LogP contribution in [-0.4, -0.2) is 35.8 Å². The van der Waals surface area contributed by atoms with Gasteiger partial charge >= 0.3 is 0 Å². The largest absolute Gasteiger partial charge is 0.395 e. The highest BCUT2D eigenvalue weighted by Gasteiger charge is 2.44. The summed E-state index contributed by atoms with van der Waals surface area (Å²) in [5.74, 6) is -2.80. The van der Waals surface area contributed by atoms with E-state index in [1.807, 2.05) is 0 Å². The van der Waals surface area contributed by atoms with Crippen molar-refractivity contribution in [1.82, 2.24) is 5.16 Å². The van der Waals surface area contributed by atoms with Crippen LogP contribution in [0.3, 0.4) is 0 Å². The van der Waals surface area contributed by atoms with Gasteiger partial charge < -0.3 is 9.63 Å². The number of carbonyl (C=O) groups is 1. The fourth-order valence-corrected chi connectivity index (χ4v) is 3.77. The molecule has 0 aliphatic rings. The Morgan fingerprint density at radius 1 is 1.19 bits per heavy atom. The Morgan fingerprint density at radius 3 is 2.37 bits per heavy atom. The molecule has 0 aliphatic heterocycles. The predicted octanol–water partition coefficient (Wildman–Crippen LogP) is 2.59. The van der Waals surface area contributed by atoms with Gasteiger partial charge in [-0.1, -0.05) is 19.0 Å². The van der Waals surface area contributed by atoms with Gasteiger partial charge in [0.25, 0.3) is 0 Å². The number of rotatable bonds is 7. The first-order valence-corrected chi connectivity index (χ1v) is 9.61. The summed E-state index contributed by atoms with van der Waals surface area (Å²) in [6.45, 7) is 5.56. The number of Topliss-reactive ketones (excluding diaryl/α,β-unsaturated/α-hetero) is 1. The zero-order valence-corrected chi connectivity index (χ0v) is 16.2. The van der Waals surface area contributed by atoms with Gasteiger partial charge in [-0.25, -0.2) is 17.2 Å². The third-order valence-corrected chi connectivity index (χ3v) is 6.99. The molecule has 148 valence electrons. The summed E-state index contributed by atoms with van der Waals surface area (Å²) in [6.07, 6.45) is -0.385. The minimum absolute atomic E-state index is 0.124. The summed E-state index contributed by atoms with van der Waals surface area (Å²) in [5.41, 5.74) is -0.276. The van der Waals surface area contributed by atoms with Crippen LogP contribution in [0.15, 0.2) is 33.7 Å². The quantitative estimate of drug-likeness (QED) is 0.716. The standard InChI is InChI=1S/C18H21F2NO5S/c1-17(2,10-22)15-8-12(26-21-15)9-16(23)18(3,4)27(24,25)14-6-5-11(19)7-13(14)20/h5-8,22H,9-10H2,1-4H3. The number of benzene rings is 1. The molecular weight excluding hydrogens is 380 g/mol. The number of aliphatic hydroxyl groups excluding tert-OH is 1. The van der Waals surface area contributed by atoms with Crippen LogP contribution in [0, 0.1) is 11.6 Å². The first-order chi connectivity index (χ1) is 12.3. The predicted molar refractivity (Wildman–Crippen MR) is 92.9 cm³/mol. The van der Waals surface area contributed by atoms with Crippen molar-refractivity contribution in [3.05, 3.63) is 47.4 Å². The van der Waals surface area contributed by atoms with Crippen LogP contribution < -0.4 is 0 Å². The SMILES string of the molecule is CC(C)(CO)c1cc(CC(=O)C(C)(C)S(=O)(=O)c2ccc(F)cc2F)on1. The molecule has 2 aromatic rings. The molecule has 0 saturated heterocycles. The lowest BCUT2D eigenvalue weighted by atomic mass is 9.90. The van der Waals surface area contributed by atoms with Crippen molar-refractivity contribution < 1.29 is 31.6 Å². The van der Waals surface area contributed by atoms with Crippen molar-refractivity contribution >= 4 is 15.6 Å². The summed E-state index contributed by atoms with van der Waals surface area (Å²) in [6, 6.07) is 3.53. The van der Waals surface area contributed by atoms with Gasteiger partial charge in [0.15, 0.2) is 15.6 Å². The summed E-state index contributed by atoms with van der Waals surface area (Å²) >= 11 is 0. The minimum Gasteiger partial charge on any atom is -0.395 e. The third kappa shape index (κ3) is 3.93. The maximum Gasteiger partial charge on any atom is 0.193 e. The normalized spacial score (nSPS) is 13.0. The van der Waals surface area contributed by atoms with Gasteiger partial charge in [0.05, 0.1) is 18.7 Å². The van der Waals surface area contributed by atoms with Crippen LogP contribution in [0.1, 0.15) is 39.1 Å². The molecule has 0 bridgehead atoms. The molecule has 1 N–H and O–H groups in total. The molecule has 0 unspecified atom stereocenters. The number of ketones is 1. The van der Waals surface area contributed by atoms with Crippen LogP contribution in [0.5, 0.6) is 0 Å². The molecule has 1 aromatic heterocycles. The highest BCUT2D eigenvalue weighted by atomic mass is 32.2. The second kappa shape index (κ2) is 7.12. The van der Waals surface area contributed by atoms with Gasteiger partial charge in [0, 0.05) is 17.5 Å². The molecule has 0 amide bonds. The maximum atomic E-state index is 14.0. The fraction of sp³-hybridized carbons (Fsp3) is 0.444. The lowest BCUT2D eigenvalue weighted by Crippen LogP contribution is -2.42. The van der Waals surface area contributed by atoms with Crippen LogP contribution >= 0.6 is 0 Å². The third-order valence-electron chi connectivity index (χ3n) is 4.51. The van der Waals surface area contributed by atoms with Gasteiger partial charge in [0.1, 0.15) is 27.0 Å². The molecule has 6 nitrogen and oxygen atoms in total. The molecule has 0 radical (unpaired) electrons. The smallest absolute Gasteiger partial charge is 0.193 e. The van der Waals surface area contributed by atoms with Crippen LogP contribution in [0.25, 0.3) is 0 Å². The Kier molecular flexibility index (Phi) is 5.58. The zero-order chi connectivity index (χ0) is 20.6. The van der Waals surface area contributed by atoms with Crippen molar-refractivity contribution in [2.45, 2.75) is 49.2 Å². The van der Waals surface area contributed by atoms with Crippen LogP contribution in [0.2, 0.25) is 0 Å². The molecule has 0 aliphatic carbocycles. The van der Waals surface area contributed by atoms with Crippen LogP contribution in [0.4, 0.5) is 8.78 Å². The van der Waals surface area contributed by atoms with Gasteiger partial charge in [0.2, 0.25) is 0 Å². The van der Waals surface area contributed by atoms with Crippen molar-refractivity contribution in [3.63, 3.8) is 0 Å². The number of halogens is 2. The first kappa shape index (κ1) is 21.2. The number of aromatic nitrogens is 1. The Hall–Kier alpha value is -2.13. The monoisotopic (exact) mass is 401 g/mol. The number of hydrogen-bond donors (Lipinski definition) is 1. The van der Waals surface area contributed by atoms with E-state index in [9.17, 15) is 27.1 Å². The highest BCUT2D eigenvalue weighted by Crippen LogP contribution is 2.30. The van der Waals surface area contributed by atoms with E-state index in [4.69, 9.17) is 4.52 Å². The topological polar surface area (TPSA) is 97.5 Å². The summed E-state index contributed by atoms with van der Waals surface area (Å²) < 4.78 is 55.7. The Bertz CT molecular complexity index is 964. The Morgan fingerprint density at radius 2 is 1.81 bits per heavy atom. The second-order valence-corrected chi connectivity index (χ2v) is 9.88. The lowest BCUT2D eigenvalue weighted by Gasteiger charge is -2.23. The number of carbonyl (C=O) groups excluding carboxylic acids is 1. The second-order valence-electron chi connectivity index (χ2n) is 7.41. The van der Waals surface area contributed by atoms with E-state index in [2.05, 4.69) is 5.16 Å². The van der Waals surface area contributed by atoms with Gasteiger partial charge in [-0.3, -0.25) is 4.79 Å². The Balaban J connectivity index is 2.31. The van der Waals surface area contributed by atoms with Crippen LogP contribution in [-0.2, 0) is 26.5 Å². The highest BCUT2D eigenvalue weighted by molar-refractivity contribution is 7.93. The number of hydrogen-bond acceptors (Lipinski definition) is 6. The van der Waals surface area contributed by atoms with Gasteiger partial charge in [-0.15, -0.1) is 0 Å². The average Bonchev–Trinajstić information content (AvgIpc) is 3.03. The van der Waals surface area contributed by atoms with E-state index >= 15 is 0 Å². The molecule has 9 heteroatoms. The summed E-state index contributed by atoms with van der Waals surface area (Å²) in [4.78, 5) is 11.9. The molecule has 0 spiro atoms. The Labute approximate surface area is 156 Å². The van der Waals surface area contributed by atoms with E-state index < -0.39 is 42.3 Å². The van der Waals surface area contributed by atoms with Gasteiger partial charge in [-0.2, -0.15) is 0 Å². The molecule has 0 fully saturated rings. The minimum atomic E-state index is -4.42. The number of sulfone groups is 1. The molecule has 27 heavy (non-hydrogen) atoms. The molecular formula is C18H21F2NO5S. The van der Waals surface area contributed by atoms with Crippen molar-refractivity contribution in [3.8, 4) is 0 Å². The van der Waals surface area contributed by atoms with E-state index in [1.165, 1.54) is 6.07 Å². The molecule has 1 aromatic carbocycles. The molecule has 2 rings (SSSR count). The lowest BCUT2D eigenvalue weighted by molar-refractivity contribution is -0.120. The molecule has 0 atom stereocenters.